The van der Waals surface area contributed by atoms with E-state index in [4.69, 9.17) is 14.3 Å². The number of ether oxygens (including phenoxy) is 1. The van der Waals surface area contributed by atoms with Gasteiger partial charge in [0.15, 0.2) is 0 Å². The zero-order chi connectivity index (χ0) is 20.4. The molecule has 3 rings (SSSR count). The fourth-order valence-corrected chi connectivity index (χ4v) is 3.09. The number of carboxylic acid groups (broad SMARTS) is 2. The molecule has 0 fully saturated rings. The minimum Gasteiger partial charge on any atom is -0.485 e. The average molecular weight is 386 g/mol. The molecule has 1 atom stereocenters. The Hall–Kier alpha value is -3.35. The highest BCUT2D eigenvalue weighted by Crippen LogP contribution is 2.37. The fraction of sp³-hybridized carbons (Fsp3) is 0.238. The first-order valence-corrected chi connectivity index (χ1v) is 8.68. The Bertz CT molecular complexity index is 1050. The molecule has 6 nitrogen and oxygen atoms in total. The largest absolute Gasteiger partial charge is 0.485 e. The molecule has 2 N–H and O–H groups in total. The van der Waals surface area contributed by atoms with Gasteiger partial charge in [-0.15, -0.1) is 0 Å². The van der Waals surface area contributed by atoms with Crippen molar-refractivity contribution < 1.29 is 33.3 Å². The summed E-state index contributed by atoms with van der Waals surface area (Å²) in [6.45, 7) is 3.75. The van der Waals surface area contributed by atoms with Gasteiger partial charge in [-0.2, -0.15) is 0 Å². The maximum atomic E-state index is 13.8. The Morgan fingerprint density at radius 2 is 1.93 bits per heavy atom. The number of aliphatic carboxylic acids is 1. The van der Waals surface area contributed by atoms with E-state index in [1.807, 2.05) is 19.9 Å². The van der Waals surface area contributed by atoms with Crippen LogP contribution < -0.4 is 4.74 Å². The molecule has 28 heavy (non-hydrogen) atoms. The van der Waals surface area contributed by atoms with E-state index in [1.165, 1.54) is 18.2 Å². The van der Waals surface area contributed by atoms with Crippen LogP contribution in [0.1, 0.15) is 46.2 Å². The number of benzene rings is 2. The minimum atomic E-state index is -1.34. The first-order chi connectivity index (χ1) is 13.3. The number of halogens is 1. The van der Waals surface area contributed by atoms with Crippen molar-refractivity contribution in [2.24, 2.45) is 0 Å². The molecule has 0 saturated heterocycles. The topological polar surface area (TPSA) is 97.0 Å². The fourth-order valence-electron chi connectivity index (χ4n) is 3.09. The number of hydrogen-bond donors (Lipinski definition) is 2. The Labute approximate surface area is 160 Å². The third-order valence-corrected chi connectivity index (χ3v) is 4.65. The summed E-state index contributed by atoms with van der Waals surface area (Å²) < 4.78 is 25.3. The Balaban J connectivity index is 2.15. The molecule has 0 aliphatic heterocycles. The second-order valence-electron chi connectivity index (χ2n) is 6.53. The quantitative estimate of drug-likeness (QED) is 0.601. The zero-order valence-corrected chi connectivity index (χ0v) is 15.4. The highest BCUT2D eigenvalue weighted by atomic mass is 19.1. The summed E-state index contributed by atoms with van der Waals surface area (Å²) in [5, 5.41) is 18.9. The molecule has 0 aliphatic carbocycles. The van der Waals surface area contributed by atoms with E-state index in [1.54, 1.807) is 12.1 Å². The Morgan fingerprint density at radius 1 is 1.18 bits per heavy atom. The molecule has 146 valence electrons. The van der Waals surface area contributed by atoms with Gasteiger partial charge in [-0.05, 0) is 55.7 Å². The Kier molecular flexibility index (Phi) is 5.35. The molecule has 0 radical (unpaired) electrons. The van der Waals surface area contributed by atoms with E-state index in [9.17, 15) is 19.1 Å². The number of carbonyl (C=O) groups is 2. The summed E-state index contributed by atoms with van der Waals surface area (Å²) in [5.74, 6) is -2.84. The van der Waals surface area contributed by atoms with Crippen molar-refractivity contribution in [3.8, 4) is 5.75 Å². The number of fused-ring (bicyclic) bond motifs is 1. The van der Waals surface area contributed by atoms with Crippen LogP contribution in [0.4, 0.5) is 4.39 Å². The summed E-state index contributed by atoms with van der Waals surface area (Å²) in [7, 11) is 0. The van der Waals surface area contributed by atoms with Gasteiger partial charge in [0, 0.05) is 11.8 Å². The number of rotatable bonds is 7. The molecule has 0 aliphatic rings. The van der Waals surface area contributed by atoms with Gasteiger partial charge in [0.1, 0.15) is 23.3 Å². The standard InChI is InChI=1S/C21H19FO6/c1-11-4-3-5-15(12(11)2)27-17(8-9-18(23)24)19-14-10-13(22)6-7-16(14)28-20(19)21(25)26/h3-7,10,17H,8-9H2,1-2H3,(H,23,24)(H,25,26). The SMILES string of the molecule is Cc1cccc(OC(CCC(=O)O)c2c(C(=O)O)oc3ccc(F)cc23)c1C. The predicted octanol–water partition coefficient (Wildman–Crippen LogP) is 4.87. The molecule has 1 unspecified atom stereocenters. The summed E-state index contributed by atoms with van der Waals surface area (Å²) in [6, 6.07) is 9.09. The van der Waals surface area contributed by atoms with Crippen LogP contribution >= 0.6 is 0 Å². The van der Waals surface area contributed by atoms with Gasteiger partial charge in [0.2, 0.25) is 5.76 Å². The van der Waals surface area contributed by atoms with Crippen LogP contribution in [-0.4, -0.2) is 22.2 Å². The second-order valence-corrected chi connectivity index (χ2v) is 6.53. The smallest absolute Gasteiger partial charge is 0.372 e. The Morgan fingerprint density at radius 3 is 2.61 bits per heavy atom. The van der Waals surface area contributed by atoms with Gasteiger partial charge in [-0.1, -0.05) is 12.1 Å². The van der Waals surface area contributed by atoms with Crippen LogP contribution in [0.3, 0.4) is 0 Å². The van der Waals surface area contributed by atoms with Crippen molar-refractivity contribution >= 4 is 22.9 Å². The first kappa shape index (κ1) is 19.4. The molecule has 7 heteroatoms. The van der Waals surface area contributed by atoms with Crippen LogP contribution in [0.15, 0.2) is 40.8 Å². The number of furan rings is 1. The molecule has 2 aromatic carbocycles. The molecule has 1 aromatic heterocycles. The number of aryl methyl sites for hydroxylation is 1. The number of carboxylic acids is 2. The second kappa shape index (κ2) is 7.72. The lowest BCUT2D eigenvalue weighted by Crippen LogP contribution is -2.14. The van der Waals surface area contributed by atoms with Gasteiger partial charge >= 0.3 is 11.9 Å². The molecule has 3 aromatic rings. The first-order valence-electron chi connectivity index (χ1n) is 8.68. The molecule has 0 bridgehead atoms. The van der Waals surface area contributed by atoms with Crippen LogP contribution in [0, 0.1) is 19.7 Å². The predicted molar refractivity (Wildman–Crippen MR) is 99.3 cm³/mol. The maximum absolute atomic E-state index is 13.8. The highest BCUT2D eigenvalue weighted by molar-refractivity contribution is 5.95. The van der Waals surface area contributed by atoms with Gasteiger partial charge in [0.25, 0.3) is 0 Å². The highest BCUT2D eigenvalue weighted by Gasteiger charge is 2.29. The normalized spacial score (nSPS) is 12.1. The summed E-state index contributed by atoms with van der Waals surface area (Å²) in [6.07, 6.45) is -1.20. The van der Waals surface area contributed by atoms with Gasteiger partial charge in [0.05, 0.1) is 5.56 Å². The minimum absolute atomic E-state index is 0.00581. The third kappa shape index (κ3) is 3.83. The monoisotopic (exact) mass is 386 g/mol. The van der Waals surface area contributed by atoms with E-state index >= 15 is 0 Å². The molecule has 0 amide bonds. The van der Waals surface area contributed by atoms with Crippen molar-refractivity contribution in [2.75, 3.05) is 0 Å². The van der Waals surface area contributed by atoms with Crippen LogP contribution in [0.25, 0.3) is 11.0 Å². The van der Waals surface area contributed by atoms with Crippen molar-refractivity contribution in [3.63, 3.8) is 0 Å². The lowest BCUT2D eigenvalue weighted by atomic mass is 10.00. The number of aromatic carboxylic acids is 1. The average Bonchev–Trinajstić information content (AvgIpc) is 3.01. The molecule has 0 spiro atoms. The van der Waals surface area contributed by atoms with Crippen molar-refractivity contribution in [1.29, 1.82) is 0 Å². The number of hydrogen-bond acceptors (Lipinski definition) is 4. The molecule has 0 saturated carbocycles. The van der Waals surface area contributed by atoms with Crippen LogP contribution in [0.2, 0.25) is 0 Å². The van der Waals surface area contributed by atoms with Crippen molar-refractivity contribution in [1.82, 2.24) is 0 Å². The third-order valence-electron chi connectivity index (χ3n) is 4.65. The lowest BCUT2D eigenvalue weighted by molar-refractivity contribution is -0.137. The van der Waals surface area contributed by atoms with E-state index in [0.717, 1.165) is 11.1 Å². The summed E-state index contributed by atoms with van der Waals surface area (Å²) in [5.41, 5.74) is 2.14. The van der Waals surface area contributed by atoms with Gasteiger partial charge in [-0.25, -0.2) is 9.18 Å². The zero-order valence-electron chi connectivity index (χ0n) is 15.4. The maximum Gasteiger partial charge on any atom is 0.372 e. The molecule has 1 heterocycles. The van der Waals surface area contributed by atoms with E-state index in [0.29, 0.717) is 5.75 Å². The lowest BCUT2D eigenvalue weighted by Gasteiger charge is -2.20. The van der Waals surface area contributed by atoms with Crippen LogP contribution in [0.5, 0.6) is 5.75 Å². The van der Waals surface area contributed by atoms with Gasteiger partial charge < -0.3 is 19.4 Å². The van der Waals surface area contributed by atoms with E-state index < -0.39 is 23.9 Å². The summed E-state index contributed by atoms with van der Waals surface area (Å²) >= 11 is 0. The summed E-state index contributed by atoms with van der Waals surface area (Å²) in [4.78, 5) is 22.9. The molecular formula is C21H19FO6. The molecular weight excluding hydrogens is 367 g/mol. The van der Waals surface area contributed by atoms with Gasteiger partial charge in [-0.3, -0.25) is 4.79 Å². The van der Waals surface area contributed by atoms with E-state index in [-0.39, 0.29) is 35.1 Å². The van der Waals surface area contributed by atoms with Crippen molar-refractivity contribution in [2.45, 2.75) is 32.8 Å². The van der Waals surface area contributed by atoms with Crippen LogP contribution in [-0.2, 0) is 4.79 Å². The van der Waals surface area contributed by atoms with E-state index in [2.05, 4.69) is 0 Å². The van der Waals surface area contributed by atoms with Crippen molar-refractivity contribution in [3.05, 3.63) is 64.7 Å².